The molecular weight excluding hydrogens is 204 g/mol. The molecule has 0 aromatic carbocycles. The van der Waals surface area contributed by atoms with Gasteiger partial charge in [0.25, 0.3) is 0 Å². The number of nitrogen functional groups attached to an aromatic ring is 2. The first kappa shape index (κ1) is 10.3. The van der Waals surface area contributed by atoms with Crippen LogP contribution in [0.5, 0.6) is 0 Å². The van der Waals surface area contributed by atoms with Crippen molar-refractivity contribution in [3.05, 3.63) is 30.4 Å². The number of rotatable bonds is 4. The number of aromatic nitrogens is 3. The van der Waals surface area contributed by atoms with Gasteiger partial charge in [0.15, 0.2) is 0 Å². The summed E-state index contributed by atoms with van der Waals surface area (Å²) in [7, 11) is 0. The average molecular weight is 218 g/mol. The SMILES string of the molecule is Nc1ccc(NCCc2cnc[nH]2)nc1N. The summed E-state index contributed by atoms with van der Waals surface area (Å²) >= 11 is 0. The molecule has 16 heavy (non-hydrogen) atoms. The van der Waals surface area contributed by atoms with Crippen LogP contribution in [0.2, 0.25) is 0 Å². The lowest BCUT2D eigenvalue weighted by Gasteiger charge is -2.06. The molecule has 6 nitrogen and oxygen atoms in total. The molecule has 2 aromatic rings. The molecule has 6 heteroatoms. The minimum absolute atomic E-state index is 0.353. The van der Waals surface area contributed by atoms with E-state index >= 15 is 0 Å². The quantitative estimate of drug-likeness (QED) is 0.602. The molecule has 0 fully saturated rings. The van der Waals surface area contributed by atoms with E-state index in [0.717, 1.165) is 24.5 Å². The molecule has 0 amide bonds. The van der Waals surface area contributed by atoms with Gasteiger partial charge in [0, 0.05) is 24.9 Å². The van der Waals surface area contributed by atoms with E-state index in [2.05, 4.69) is 20.3 Å². The number of aromatic amines is 1. The second-order valence-corrected chi connectivity index (χ2v) is 3.42. The Balaban J connectivity index is 1.87. The van der Waals surface area contributed by atoms with E-state index in [1.807, 2.05) is 0 Å². The number of nitrogens with zero attached hydrogens (tertiary/aromatic N) is 2. The molecule has 0 bridgehead atoms. The van der Waals surface area contributed by atoms with E-state index in [-0.39, 0.29) is 0 Å². The van der Waals surface area contributed by atoms with Crippen molar-refractivity contribution < 1.29 is 0 Å². The average Bonchev–Trinajstić information content (AvgIpc) is 2.76. The van der Waals surface area contributed by atoms with Gasteiger partial charge >= 0.3 is 0 Å². The third-order valence-electron chi connectivity index (χ3n) is 2.21. The van der Waals surface area contributed by atoms with Crippen LogP contribution in [0.25, 0.3) is 0 Å². The summed E-state index contributed by atoms with van der Waals surface area (Å²) in [5, 5.41) is 3.16. The van der Waals surface area contributed by atoms with Crippen LogP contribution >= 0.6 is 0 Å². The minimum atomic E-state index is 0.353. The van der Waals surface area contributed by atoms with Gasteiger partial charge in [-0.3, -0.25) is 0 Å². The molecule has 0 unspecified atom stereocenters. The van der Waals surface area contributed by atoms with Crippen LogP contribution in [0.4, 0.5) is 17.3 Å². The van der Waals surface area contributed by atoms with Crippen molar-refractivity contribution in [2.45, 2.75) is 6.42 Å². The fourth-order valence-corrected chi connectivity index (χ4v) is 1.33. The smallest absolute Gasteiger partial charge is 0.149 e. The molecule has 2 heterocycles. The Kier molecular flexibility index (Phi) is 2.90. The van der Waals surface area contributed by atoms with Gasteiger partial charge in [-0.15, -0.1) is 0 Å². The third kappa shape index (κ3) is 2.41. The minimum Gasteiger partial charge on any atom is -0.396 e. The number of hydrogen-bond acceptors (Lipinski definition) is 5. The van der Waals surface area contributed by atoms with E-state index in [1.54, 1.807) is 24.7 Å². The zero-order valence-electron chi connectivity index (χ0n) is 8.77. The number of imidazole rings is 1. The number of nitrogens with two attached hydrogens (primary N) is 2. The molecule has 0 aliphatic rings. The van der Waals surface area contributed by atoms with Crippen molar-refractivity contribution in [3.63, 3.8) is 0 Å². The van der Waals surface area contributed by atoms with Gasteiger partial charge in [-0.1, -0.05) is 0 Å². The van der Waals surface area contributed by atoms with Crippen LogP contribution in [-0.4, -0.2) is 21.5 Å². The molecule has 0 radical (unpaired) electrons. The number of anilines is 3. The second-order valence-electron chi connectivity index (χ2n) is 3.42. The first-order chi connectivity index (χ1) is 7.75. The van der Waals surface area contributed by atoms with Crippen molar-refractivity contribution in [1.82, 2.24) is 15.0 Å². The van der Waals surface area contributed by atoms with E-state index in [9.17, 15) is 0 Å². The zero-order chi connectivity index (χ0) is 11.4. The molecular formula is C10H14N6. The molecule has 0 saturated carbocycles. The topological polar surface area (TPSA) is 106 Å². The van der Waals surface area contributed by atoms with Crippen molar-refractivity contribution in [1.29, 1.82) is 0 Å². The molecule has 2 rings (SSSR count). The summed E-state index contributed by atoms with van der Waals surface area (Å²) in [6.07, 6.45) is 4.31. The van der Waals surface area contributed by atoms with Crippen LogP contribution in [0.15, 0.2) is 24.7 Å². The van der Waals surface area contributed by atoms with Gasteiger partial charge < -0.3 is 21.8 Å². The normalized spacial score (nSPS) is 10.2. The highest BCUT2D eigenvalue weighted by Gasteiger charge is 1.99. The fraction of sp³-hybridized carbons (Fsp3) is 0.200. The monoisotopic (exact) mass is 218 g/mol. The van der Waals surface area contributed by atoms with Crippen molar-refractivity contribution in [2.75, 3.05) is 23.3 Å². The molecule has 0 aliphatic heterocycles. The van der Waals surface area contributed by atoms with E-state index in [0.29, 0.717) is 11.5 Å². The van der Waals surface area contributed by atoms with Crippen molar-refractivity contribution >= 4 is 17.3 Å². The maximum atomic E-state index is 5.59. The van der Waals surface area contributed by atoms with Crippen LogP contribution in [0.3, 0.4) is 0 Å². The Morgan fingerprint density at radius 2 is 2.19 bits per heavy atom. The van der Waals surface area contributed by atoms with Crippen LogP contribution in [-0.2, 0) is 6.42 Å². The Hall–Kier alpha value is -2.24. The molecule has 2 aromatic heterocycles. The lowest BCUT2D eigenvalue weighted by Crippen LogP contribution is -2.08. The first-order valence-corrected chi connectivity index (χ1v) is 4.99. The van der Waals surface area contributed by atoms with E-state index in [1.165, 1.54) is 0 Å². The first-order valence-electron chi connectivity index (χ1n) is 4.99. The van der Waals surface area contributed by atoms with Crippen molar-refractivity contribution in [3.8, 4) is 0 Å². The Bertz CT molecular complexity index is 450. The summed E-state index contributed by atoms with van der Waals surface area (Å²) in [5.41, 5.74) is 12.7. The molecule has 0 saturated heterocycles. The lowest BCUT2D eigenvalue weighted by atomic mass is 10.3. The number of pyridine rings is 1. The van der Waals surface area contributed by atoms with Crippen molar-refractivity contribution in [2.24, 2.45) is 0 Å². The lowest BCUT2D eigenvalue weighted by molar-refractivity contribution is 0.969. The van der Waals surface area contributed by atoms with Gasteiger partial charge in [0.05, 0.1) is 12.0 Å². The largest absolute Gasteiger partial charge is 0.396 e. The summed E-state index contributed by atoms with van der Waals surface area (Å²) < 4.78 is 0. The Labute approximate surface area is 93.1 Å². The Morgan fingerprint density at radius 1 is 1.31 bits per heavy atom. The van der Waals surface area contributed by atoms with Crippen LogP contribution in [0, 0.1) is 0 Å². The molecule has 6 N–H and O–H groups in total. The number of hydrogen-bond donors (Lipinski definition) is 4. The van der Waals surface area contributed by atoms with E-state index < -0.39 is 0 Å². The molecule has 84 valence electrons. The maximum absolute atomic E-state index is 5.59. The highest BCUT2D eigenvalue weighted by Crippen LogP contribution is 2.14. The second kappa shape index (κ2) is 4.52. The Morgan fingerprint density at radius 3 is 2.88 bits per heavy atom. The van der Waals surface area contributed by atoms with Gasteiger partial charge in [-0.2, -0.15) is 0 Å². The van der Waals surface area contributed by atoms with Gasteiger partial charge in [0.1, 0.15) is 11.6 Å². The summed E-state index contributed by atoms with van der Waals surface area (Å²) in [5.74, 6) is 1.08. The third-order valence-corrected chi connectivity index (χ3v) is 2.21. The summed E-state index contributed by atoms with van der Waals surface area (Å²) in [4.78, 5) is 11.1. The van der Waals surface area contributed by atoms with Crippen LogP contribution < -0.4 is 16.8 Å². The van der Waals surface area contributed by atoms with Gasteiger partial charge in [-0.05, 0) is 12.1 Å². The molecule has 0 atom stereocenters. The number of nitrogens with one attached hydrogen (secondary N) is 2. The predicted octanol–water partition coefficient (Wildman–Crippen LogP) is 0.624. The standard InChI is InChI=1S/C10H14N6/c11-8-1-2-9(16-10(8)12)14-4-3-7-5-13-6-15-7/h1-2,5-6H,3-4,11H2,(H,13,15)(H3,12,14,16). The fourth-order valence-electron chi connectivity index (χ4n) is 1.33. The van der Waals surface area contributed by atoms with Gasteiger partial charge in [0.2, 0.25) is 0 Å². The van der Waals surface area contributed by atoms with Crippen LogP contribution in [0.1, 0.15) is 5.69 Å². The van der Waals surface area contributed by atoms with E-state index in [4.69, 9.17) is 11.5 Å². The molecule has 0 spiro atoms. The maximum Gasteiger partial charge on any atom is 0.149 e. The number of H-pyrrole nitrogens is 1. The van der Waals surface area contributed by atoms with Gasteiger partial charge in [-0.25, -0.2) is 9.97 Å². The molecule has 0 aliphatic carbocycles. The highest BCUT2D eigenvalue weighted by molar-refractivity contribution is 5.61. The highest BCUT2D eigenvalue weighted by atomic mass is 15.0. The zero-order valence-corrected chi connectivity index (χ0v) is 8.77. The predicted molar refractivity (Wildman–Crippen MR) is 63.8 cm³/mol. The summed E-state index contributed by atoms with van der Waals surface area (Å²) in [6, 6.07) is 3.54. The summed E-state index contributed by atoms with van der Waals surface area (Å²) in [6.45, 7) is 0.762.